The molecule has 0 N–H and O–H groups in total. The van der Waals surface area contributed by atoms with Crippen molar-refractivity contribution in [1.29, 1.82) is 0 Å². The molecule has 0 radical (unpaired) electrons. The highest BCUT2D eigenvalue weighted by atomic mass is 16.2. The maximum atomic E-state index is 11.2. The Morgan fingerprint density at radius 2 is 1.80 bits per heavy atom. The van der Waals surface area contributed by atoms with E-state index >= 15 is 0 Å². The van der Waals surface area contributed by atoms with E-state index in [0.717, 1.165) is 24.9 Å². The summed E-state index contributed by atoms with van der Waals surface area (Å²) in [6.07, 6.45) is 2.60. The van der Waals surface area contributed by atoms with Gasteiger partial charge in [-0.3, -0.25) is 4.79 Å². The molecule has 0 aromatic rings. The monoisotopic (exact) mass is 210 g/mol. The van der Waals surface area contributed by atoms with Crippen LogP contribution >= 0.6 is 0 Å². The zero-order valence-corrected chi connectivity index (χ0v) is 9.91. The molecule has 0 aromatic heterocycles. The quantitative estimate of drug-likeness (QED) is 0.699. The van der Waals surface area contributed by atoms with E-state index in [4.69, 9.17) is 0 Å². The van der Waals surface area contributed by atoms with Crippen molar-refractivity contribution >= 4 is 5.91 Å². The maximum Gasteiger partial charge on any atom is 0.219 e. The molecule has 2 heterocycles. The zero-order valence-electron chi connectivity index (χ0n) is 9.91. The van der Waals surface area contributed by atoms with Gasteiger partial charge in [0, 0.05) is 33.1 Å². The Hall–Kier alpha value is -0.570. The van der Waals surface area contributed by atoms with Gasteiger partial charge in [-0.1, -0.05) is 13.3 Å². The first-order valence-corrected chi connectivity index (χ1v) is 6.18. The molecule has 0 bridgehead atoms. The SMILES string of the molecule is CCCCN1CC2CN(C(C)=O)CC2C1. The van der Waals surface area contributed by atoms with E-state index in [2.05, 4.69) is 11.8 Å². The lowest BCUT2D eigenvalue weighted by Crippen LogP contribution is -2.32. The number of fused-ring (bicyclic) bond motifs is 1. The van der Waals surface area contributed by atoms with Crippen LogP contribution < -0.4 is 0 Å². The minimum absolute atomic E-state index is 0.254. The second-order valence-electron chi connectivity index (χ2n) is 5.06. The van der Waals surface area contributed by atoms with E-state index in [-0.39, 0.29) is 5.91 Å². The van der Waals surface area contributed by atoms with Gasteiger partial charge in [0.05, 0.1) is 0 Å². The van der Waals surface area contributed by atoms with Crippen molar-refractivity contribution in [2.75, 3.05) is 32.7 Å². The predicted octanol–water partition coefficient (Wildman–Crippen LogP) is 1.20. The summed E-state index contributed by atoms with van der Waals surface area (Å²) in [5.74, 6) is 1.76. The lowest BCUT2D eigenvalue weighted by atomic mass is 10.0. The van der Waals surface area contributed by atoms with Gasteiger partial charge in [0.1, 0.15) is 0 Å². The first-order chi connectivity index (χ1) is 7.20. The fourth-order valence-corrected chi connectivity index (χ4v) is 2.91. The molecule has 1 amide bonds. The predicted molar refractivity (Wildman–Crippen MR) is 60.6 cm³/mol. The number of carbonyl (C=O) groups excluding carboxylic acids is 1. The van der Waals surface area contributed by atoms with E-state index in [1.165, 1.54) is 32.5 Å². The number of hydrogen-bond acceptors (Lipinski definition) is 2. The van der Waals surface area contributed by atoms with Gasteiger partial charge in [-0.05, 0) is 24.8 Å². The molecule has 3 heteroatoms. The van der Waals surface area contributed by atoms with Gasteiger partial charge in [-0.25, -0.2) is 0 Å². The average molecular weight is 210 g/mol. The minimum atomic E-state index is 0.254. The molecule has 15 heavy (non-hydrogen) atoms. The highest BCUT2D eigenvalue weighted by Crippen LogP contribution is 2.30. The molecule has 0 aliphatic carbocycles. The molecule has 2 atom stereocenters. The topological polar surface area (TPSA) is 23.6 Å². The van der Waals surface area contributed by atoms with Crippen LogP contribution in [0.2, 0.25) is 0 Å². The summed E-state index contributed by atoms with van der Waals surface area (Å²) >= 11 is 0. The molecule has 3 nitrogen and oxygen atoms in total. The molecule has 2 rings (SSSR count). The van der Waals surface area contributed by atoms with Gasteiger partial charge in [0.15, 0.2) is 0 Å². The number of rotatable bonds is 3. The maximum absolute atomic E-state index is 11.2. The van der Waals surface area contributed by atoms with E-state index < -0.39 is 0 Å². The van der Waals surface area contributed by atoms with Crippen LogP contribution in [0.15, 0.2) is 0 Å². The third-order valence-electron chi connectivity index (χ3n) is 3.84. The summed E-state index contributed by atoms with van der Waals surface area (Å²) in [4.78, 5) is 15.8. The summed E-state index contributed by atoms with van der Waals surface area (Å²) in [6, 6.07) is 0. The smallest absolute Gasteiger partial charge is 0.219 e. The number of amides is 1. The first-order valence-electron chi connectivity index (χ1n) is 6.18. The van der Waals surface area contributed by atoms with Crippen LogP contribution in [-0.2, 0) is 4.79 Å². The highest BCUT2D eigenvalue weighted by Gasteiger charge is 2.40. The Labute approximate surface area is 92.4 Å². The van der Waals surface area contributed by atoms with Gasteiger partial charge < -0.3 is 9.80 Å². The molecule has 2 fully saturated rings. The van der Waals surface area contributed by atoms with Crippen LogP contribution in [-0.4, -0.2) is 48.4 Å². The lowest BCUT2D eigenvalue weighted by molar-refractivity contribution is -0.128. The standard InChI is InChI=1S/C12H22N2O/c1-3-4-5-13-6-11-8-14(10(2)15)9-12(11)7-13/h11-12H,3-9H2,1-2H3. The van der Waals surface area contributed by atoms with Gasteiger partial charge in [-0.15, -0.1) is 0 Å². The van der Waals surface area contributed by atoms with Crippen molar-refractivity contribution < 1.29 is 4.79 Å². The molecule has 2 aliphatic rings. The van der Waals surface area contributed by atoms with Crippen LogP contribution in [0.3, 0.4) is 0 Å². The molecule has 2 saturated heterocycles. The number of likely N-dealkylation sites (tertiary alicyclic amines) is 2. The Bertz CT molecular complexity index is 228. The van der Waals surface area contributed by atoms with Crippen LogP contribution in [0.1, 0.15) is 26.7 Å². The normalized spacial score (nSPS) is 30.9. The number of hydrogen-bond donors (Lipinski definition) is 0. The van der Waals surface area contributed by atoms with Crippen LogP contribution in [0.4, 0.5) is 0 Å². The van der Waals surface area contributed by atoms with Crippen molar-refractivity contribution in [1.82, 2.24) is 9.80 Å². The first kappa shape index (κ1) is 10.9. The van der Waals surface area contributed by atoms with E-state index in [0.29, 0.717) is 0 Å². The van der Waals surface area contributed by atoms with Crippen LogP contribution in [0.25, 0.3) is 0 Å². The summed E-state index contributed by atoms with van der Waals surface area (Å²) < 4.78 is 0. The number of unbranched alkanes of at least 4 members (excludes halogenated alkanes) is 1. The molecule has 0 spiro atoms. The largest absolute Gasteiger partial charge is 0.342 e. The lowest BCUT2D eigenvalue weighted by Gasteiger charge is -2.20. The Morgan fingerprint density at radius 3 is 2.27 bits per heavy atom. The summed E-state index contributed by atoms with van der Waals surface area (Å²) in [5.41, 5.74) is 0. The van der Waals surface area contributed by atoms with E-state index in [9.17, 15) is 4.79 Å². The molecule has 86 valence electrons. The van der Waals surface area contributed by atoms with Crippen molar-refractivity contribution in [3.05, 3.63) is 0 Å². The average Bonchev–Trinajstić information content (AvgIpc) is 2.71. The van der Waals surface area contributed by atoms with Gasteiger partial charge in [0.2, 0.25) is 5.91 Å². The molecule has 2 aliphatic heterocycles. The molecule has 2 unspecified atom stereocenters. The van der Waals surface area contributed by atoms with Crippen molar-refractivity contribution in [2.45, 2.75) is 26.7 Å². The zero-order chi connectivity index (χ0) is 10.8. The Balaban J connectivity index is 1.80. The number of carbonyl (C=O) groups is 1. The summed E-state index contributed by atoms with van der Waals surface area (Å²) in [6.45, 7) is 9.63. The third-order valence-corrected chi connectivity index (χ3v) is 3.84. The molecule has 0 aromatic carbocycles. The van der Waals surface area contributed by atoms with Crippen LogP contribution in [0, 0.1) is 11.8 Å². The molecule has 0 saturated carbocycles. The fourth-order valence-electron chi connectivity index (χ4n) is 2.91. The summed E-state index contributed by atoms with van der Waals surface area (Å²) in [7, 11) is 0. The fraction of sp³-hybridized carbons (Fsp3) is 0.917. The Morgan fingerprint density at radius 1 is 1.20 bits per heavy atom. The number of nitrogens with zero attached hydrogens (tertiary/aromatic N) is 2. The van der Waals surface area contributed by atoms with Crippen molar-refractivity contribution in [2.24, 2.45) is 11.8 Å². The minimum Gasteiger partial charge on any atom is -0.342 e. The van der Waals surface area contributed by atoms with Gasteiger partial charge >= 0.3 is 0 Å². The van der Waals surface area contributed by atoms with Crippen molar-refractivity contribution in [3.63, 3.8) is 0 Å². The summed E-state index contributed by atoms with van der Waals surface area (Å²) in [5, 5.41) is 0. The second kappa shape index (κ2) is 4.52. The van der Waals surface area contributed by atoms with Crippen molar-refractivity contribution in [3.8, 4) is 0 Å². The molecular formula is C12H22N2O. The Kier molecular flexibility index (Phi) is 3.29. The highest BCUT2D eigenvalue weighted by molar-refractivity contribution is 5.73. The van der Waals surface area contributed by atoms with Gasteiger partial charge in [-0.2, -0.15) is 0 Å². The van der Waals surface area contributed by atoms with Crippen LogP contribution in [0.5, 0.6) is 0 Å². The third kappa shape index (κ3) is 2.33. The van der Waals surface area contributed by atoms with E-state index in [1.807, 2.05) is 4.90 Å². The van der Waals surface area contributed by atoms with E-state index in [1.54, 1.807) is 6.92 Å². The second-order valence-corrected chi connectivity index (χ2v) is 5.06. The molecular weight excluding hydrogens is 188 g/mol. The van der Waals surface area contributed by atoms with Gasteiger partial charge in [0.25, 0.3) is 0 Å².